The first-order chi connectivity index (χ1) is 16.5. The Morgan fingerprint density at radius 2 is 1.94 bits per heavy atom. The molecule has 5 aromatic rings. The Hall–Kier alpha value is -4.60. The minimum absolute atomic E-state index is 0.0307. The van der Waals surface area contributed by atoms with Crippen LogP contribution in [0.3, 0.4) is 0 Å². The Bertz CT molecular complexity index is 1500. The lowest BCUT2D eigenvalue weighted by molar-refractivity contribution is 0.0945. The highest BCUT2D eigenvalue weighted by Crippen LogP contribution is 2.31. The Balaban J connectivity index is 1.57. The van der Waals surface area contributed by atoms with Gasteiger partial charge in [-0.05, 0) is 31.2 Å². The molecule has 0 fully saturated rings. The molecule has 0 aliphatic rings. The predicted molar refractivity (Wildman–Crippen MR) is 128 cm³/mol. The van der Waals surface area contributed by atoms with Crippen LogP contribution >= 0.6 is 0 Å². The van der Waals surface area contributed by atoms with Crippen LogP contribution in [0.2, 0.25) is 0 Å². The summed E-state index contributed by atoms with van der Waals surface area (Å²) in [6.45, 7) is 3.02. The van der Waals surface area contributed by atoms with E-state index >= 15 is 0 Å². The number of imidazole rings is 1. The monoisotopic (exact) mass is 453 g/mol. The highest BCUT2D eigenvalue weighted by molar-refractivity contribution is 5.98. The molecule has 5 rings (SSSR count). The van der Waals surface area contributed by atoms with Crippen LogP contribution in [-0.2, 0) is 20.1 Å². The molecule has 0 saturated carbocycles. The van der Waals surface area contributed by atoms with Gasteiger partial charge in [-0.25, -0.2) is 15.0 Å². The number of fused-ring (bicyclic) bond motifs is 1. The smallest absolute Gasteiger partial charge is 0.274 e. The number of rotatable bonds is 6. The molecule has 3 N–H and O–H groups in total. The van der Waals surface area contributed by atoms with Gasteiger partial charge in [0.2, 0.25) is 0 Å². The van der Waals surface area contributed by atoms with Crippen LogP contribution in [0.4, 0.5) is 5.82 Å². The van der Waals surface area contributed by atoms with Crippen LogP contribution in [0.15, 0.2) is 61.2 Å². The standard InChI is InChI=1S/C24H23N9O/c1-3-33-12-10-27-19(33)14-28-24(34)22-23(25)30-21(18-8-11-32(2)31-18)20(29-22)16-6-7-17-15(13-16)5-4-9-26-17/h4-13H,3,14H2,1-2H3,(H2,25,30)(H,28,34). The molecule has 0 aliphatic heterocycles. The molecular formula is C24H23N9O. The van der Waals surface area contributed by atoms with Gasteiger partial charge in [-0.1, -0.05) is 12.1 Å². The molecule has 0 aliphatic carbocycles. The fourth-order valence-corrected chi connectivity index (χ4v) is 3.80. The third kappa shape index (κ3) is 3.96. The van der Waals surface area contributed by atoms with Crippen molar-refractivity contribution < 1.29 is 4.79 Å². The summed E-state index contributed by atoms with van der Waals surface area (Å²) in [7, 11) is 1.82. The molecule has 0 bridgehead atoms. The third-order valence-corrected chi connectivity index (χ3v) is 5.52. The van der Waals surface area contributed by atoms with Crippen molar-refractivity contribution >= 4 is 22.6 Å². The van der Waals surface area contributed by atoms with Crippen LogP contribution in [0.25, 0.3) is 33.5 Å². The minimum Gasteiger partial charge on any atom is -0.382 e. The number of anilines is 1. The summed E-state index contributed by atoms with van der Waals surface area (Å²) in [5, 5.41) is 8.27. The number of nitrogens with zero attached hydrogens (tertiary/aromatic N) is 7. The predicted octanol–water partition coefficient (Wildman–Crippen LogP) is 2.82. The number of amides is 1. The molecule has 34 heavy (non-hydrogen) atoms. The number of nitrogens with two attached hydrogens (primary N) is 1. The molecular weight excluding hydrogens is 430 g/mol. The molecule has 170 valence electrons. The first-order valence-electron chi connectivity index (χ1n) is 10.8. The second-order valence-electron chi connectivity index (χ2n) is 7.75. The number of pyridine rings is 1. The van der Waals surface area contributed by atoms with Gasteiger partial charge in [0.25, 0.3) is 5.91 Å². The van der Waals surface area contributed by atoms with E-state index in [4.69, 9.17) is 5.73 Å². The number of carbonyl (C=O) groups is 1. The van der Waals surface area contributed by atoms with Gasteiger partial charge in [-0.2, -0.15) is 5.10 Å². The molecule has 0 spiro atoms. The van der Waals surface area contributed by atoms with Crippen LogP contribution in [-0.4, -0.2) is 40.2 Å². The van der Waals surface area contributed by atoms with Crippen molar-refractivity contribution in [1.82, 2.24) is 39.6 Å². The topological polar surface area (TPSA) is 129 Å². The number of hydrogen-bond acceptors (Lipinski definition) is 7. The Labute approximate surface area is 195 Å². The Morgan fingerprint density at radius 3 is 2.74 bits per heavy atom. The van der Waals surface area contributed by atoms with Crippen molar-refractivity contribution in [2.75, 3.05) is 5.73 Å². The zero-order valence-electron chi connectivity index (χ0n) is 18.8. The molecule has 10 nitrogen and oxygen atoms in total. The Kier molecular flexibility index (Phi) is 5.46. The molecule has 1 amide bonds. The van der Waals surface area contributed by atoms with Crippen LogP contribution in [0.1, 0.15) is 23.2 Å². The van der Waals surface area contributed by atoms with Gasteiger partial charge >= 0.3 is 0 Å². The fraction of sp³-hybridized carbons (Fsp3) is 0.167. The van der Waals surface area contributed by atoms with E-state index in [1.165, 1.54) is 0 Å². The van der Waals surface area contributed by atoms with Crippen LogP contribution in [0.5, 0.6) is 0 Å². The van der Waals surface area contributed by atoms with Crippen molar-refractivity contribution in [3.05, 3.63) is 72.7 Å². The molecule has 10 heteroatoms. The number of aryl methyl sites for hydroxylation is 2. The Morgan fingerprint density at radius 1 is 1.06 bits per heavy atom. The van der Waals surface area contributed by atoms with Crippen molar-refractivity contribution in [3.63, 3.8) is 0 Å². The average molecular weight is 454 g/mol. The van der Waals surface area contributed by atoms with Gasteiger partial charge in [0.05, 0.1) is 17.8 Å². The van der Waals surface area contributed by atoms with E-state index in [1.807, 2.05) is 67.3 Å². The molecule has 0 saturated heterocycles. The summed E-state index contributed by atoms with van der Waals surface area (Å²) in [6, 6.07) is 11.5. The zero-order valence-corrected chi connectivity index (χ0v) is 18.8. The second-order valence-corrected chi connectivity index (χ2v) is 7.75. The van der Waals surface area contributed by atoms with E-state index in [0.29, 0.717) is 17.1 Å². The highest BCUT2D eigenvalue weighted by atomic mass is 16.1. The largest absolute Gasteiger partial charge is 0.382 e. The first kappa shape index (κ1) is 21.3. The number of nitrogen functional groups attached to an aromatic ring is 1. The number of benzene rings is 1. The summed E-state index contributed by atoms with van der Waals surface area (Å²) in [5.41, 5.74) is 9.53. The lowest BCUT2D eigenvalue weighted by atomic mass is 10.0. The third-order valence-electron chi connectivity index (χ3n) is 5.52. The van der Waals surface area contributed by atoms with Crippen molar-refractivity contribution in [1.29, 1.82) is 0 Å². The van der Waals surface area contributed by atoms with E-state index in [0.717, 1.165) is 28.8 Å². The lowest BCUT2D eigenvalue weighted by Crippen LogP contribution is -2.27. The zero-order chi connectivity index (χ0) is 23.7. The molecule has 0 atom stereocenters. The van der Waals surface area contributed by atoms with Gasteiger partial charge in [-0.15, -0.1) is 0 Å². The first-order valence-corrected chi connectivity index (χ1v) is 10.8. The minimum atomic E-state index is -0.424. The SMILES string of the molecule is CCn1ccnc1CNC(=O)c1nc(-c2ccc3ncccc3c2)c(-c2ccn(C)n2)nc1N. The van der Waals surface area contributed by atoms with Crippen molar-refractivity contribution in [2.45, 2.75) is 20.0 Å². The molecule has 4 heterocycles. The quantitative estimate of drug-likeness (QED) is 0.404. The maximum atomic E-state index is 13.0. The van der Waals surface area contributed by atoms with E-state index in [2.05, 4.69) is 30.4 Å². The summed E-state index contributed by atoms with van der Waals surface area (Å²) in [6.07, 6.45) is 7.13. The summed E-state index contributed by atoms with van der Waals surface area (Å²) >= 11 is 0. The number of hydrogen-bond donors (Lipinski definition) is 2. The van der Waals surface area contributed by atoms with Crippen molar-refractivity contribution in [2.24, 2.45) is 7.05 Å². The van der Waals surface area contributed by atoms with Crippen LogP contribution < -0.4 is 11.1 Å². The van der Waals surface area contributed by atoms with Gasteiger partial charge in [0, 0.05) is 49.3 Å². The van der Waals surface area contributed by atoms with E-state index in [1.54, 1.807) is 17.1 Å². The van der Waals surface area contributed by atoms with Gasteiger partial charge < -0.3 is 15.6 Å². The molecule has 4 aromatic heterocycles. The molecule has 0 radical (unpaired) electrons. The lowest BCUT2D eigenvalue weighted by Gasteiger charge is -2.13. The van der Waals surface area contributed by atoms with E-state index in [-0.39, 0.29) is 18.1 Å². The maximum absolute atomic E-state index is 13.0. The molecule has 0 unspecified atom stereocenters. The summed E-state index contributed by atoms with van der Waals surface area (Å²) < 4.78 is 3.63. The summed E-state index contributed by atoms with van der Waals surface area (Å²) in [4.78, 5) is 31.0. The molecule has 1 aromatic carbocycles. The van der Waals surface area contributed by atoms with E-state index < -0.39 is 5.91 Å². The van der Waals surface area contributed by atoms with Gasteiger partial charge in [0.15, 0.2) is 11.5 Å². The number of nitrogens with one attached hydrogen (secondary N) is 1. The summed E-state index contributed by atoms with van der Waals surface area (Å²) in [5.74, 6) is 0.352. The number of carbonyl (C=O) groups excluding carboxylic acids is 1. The normalized spacial score (nSPS) is 11.1. The number of aromatic nitrogens is 7. The second kappa shape index (κ2) is 8.74. The average Bonchev–Trinajstić information content (AvgIpc) is 3.50. The van der Waals surface area contributed by atoms with Gasteiger partial charge in [0.1, 0.15) is 17.2 Å². The maximum Gasteiger partial charge on any atom is 0.274 e. The van der Waals surface area contributed by atoms with Crippen molar-refractivity contribution in [3.8, 4) is 22.6 Å². The van der Waals surface area contributed by atoms with E-state index in [9.17, 15) is 4.79 Å². The van der Waals surface area contributed by atoms with Gasteiger partial charge in [-0.3, -0.25) is 14.5 Å². The van der Waals surface area contributed by atoms with Crippen LogP contribution in [0, 0.1) is 0 Å². The fourth-order valence-electron chi connectivity index (χ4n) is 3.80. The highest BCUT2D eigenvalue weighted by Gasteiger charge is 2.21.